The van der Waals surface area contributed by atoms with Crippen molar-refractivity contribution < 1.29 is 8.42 Å². The minimum atomic E-state index is -3.30. The number of nitrogens with two attached hydrogens (primary N) is 1. The van der Waals surface area contributed by atoms with Crippen LogP contribution in [0.3, 0.4) is 0 Å². The fourth-order valence-electron chi connectivity index (χ4n) is 0.923. The van der Waals surface area contributed by atoms with Crippen molar-refractivity contribution in [2.24, 2.45) is 5.73 Å². The molecule has 15 heavy (non-hydrogen) atoms. The number of sulfonamides is 1. The fraction of sp³-hybridized carbons (Fsp3) is 0.714. The lowest BCUT2D eigenvalue weighted by Gasteiger charge is -2.11. The number of hydrogen-bond acceptors (Lipinski definition) is 5. The quantitative estimate of drug-likeness (QED) is 0.625. The van der Waals surface area contributed by atoms with E-state index in [0.29, 0.717) is 6.54 Å². The van der Waals surface area contributed by atoms with Crippen molar-refractivity contribution >= 4 is 10.0 Å². The van der Waals surface area contributed by atoms with Crippen LogP contribution in [-0.4, -0.2) is 41.8 Å². The summed E-state index contributed by atoms with van der Waals surface area (Å²) in [7, 11) is -3.30. The summed E-state index contributed by atoms with van der Waals surface area (Å²) in [4.78, 5) is 0. The Morgan fingerprint density at radius 3 is 2.87 bits per heavy atom. The molecule has 0 aliphatic carbocycles. The van der Waals surface area contributed by atoms with Gasteiger partial charge < -0.3 is 5.73 Å². The van der Waals surface area contributed by atoms with E-state index in [-0.39, 0.29) is 13.1 Å². The summed E-state index contributed by atoms with van der Waals surface area (Å²) >= 11 is 0. The van der Waals surface area contributed by atoms with E-state index in [0.717, 1.165) is 0 Å². The molecule has 0 fully saturated rings. The van der Waals surface area contributed by atoms with Crippen molar-refractivity contribution in [3.63, 3.8) is 0 Å². The molecule has 0 amide bonds. The Morgan fingerprint density at radius 2 is 2.33 bits per heavy atom. The third-order valence-corrected chi connectivity index (χ3v) is 3.84. The third-order valence-electron chi connectivity index (χ3n) is 1.98. The lowest BCUT2D eigenvalue weighted by Crippen LogP contribution is -2.38. The van der Waals surface area contributed by atoms with E-state index in [2.05, 4.69) is 15.0 Å². The van der Waals surface area contributed by atoms with Gasteiger partial charge in [0.1, 0.15) is 0 Å². The number of aromatic nitrogens is 3. The van der Waals surface area contributed by atoms with E-state index in [9.17, 15) is 8.42 Å². The molecule has 0 spiro atoms. The van der Waals surface area contributed by atoms with Crippen molar-refractivity contribution in [2.75, 3.05) is 13.1 Å². The Bertz CT molecular complexity index is 374. The highest BCUT2D eigenvalue weighted by Gasteiger charge is 2.17. The summed E-state index contributed by atoms with van der Waals surface area (Å²) in [6.45, 7) is 2.42. The van der Waals surface area contributed by atoms with E-state index in [4.69, 9.17) is 5.73 Å². The van der Waals surface area contributed by atoms with Crippen molar-refractivity contribution in [3.05, 3.63) is 12.4 Å². The number of rotatable bonds is 6. The topological polar surface area (TPSA) is 103 Å². The van der Waals surface area contributed by atoms with E-state index < -0.39 is 15.3 Å². The van der Waals surface area contributed by atoms with E-state index in [1.54, 1.807) is 17.8 Å². The van der Waals surface area contributed by atoms with Gasteiger partial charge in [-0.25, -0.2) is 13.1 Å². The molecule has 0 aromatic carbocycles. The highest BCUT2D eigenvalue weighted by Crippen LogP contribution is 1.94. The van der Waals surface area contributed by atoms with Crippen molar-refractivity contribution in [1.82, 2.24) is 19.7 Å². The minimum absolute atomic E-state index is 0.110. The zero-order valence-electron chi connectivity index (χ0n) is 8.50. The zero-order chi connectivity index (χ0) is 11.3. The van der Waals surface area contributed by atoms with Gasteiger partial charge in [-0.2, -0.15) is 0 Å². The maximum absolute atomic E-state index is 11.5. The van der Waals surface area contributed by atoms with Crippen LogP contribution in [0.2, 0.25) is 0 Å². The van der Waals surface area contributed by atoms with Gasteiger partial charge in [0.25, 0.3) is 0 Å². The van der Waals surface area contributed by atoms with Gasteiger partial charge in [0.2, 0.25) is 10.0 Å². The lowest BCUT2D eigenvalue weighted by molar-refractivity contribution is 0.545. The molecule has 7 nitrogen and oxygen atoms in total. The molecule has 0 aliphatic rings. The second kappa shape index (κ2) is 5.19. The second-order valence-electron chi connectivity index (χ2n) is 3.15. The predicted octanol–water partition coefficient (Wildman–Crippen LogP) is -1.46. The normalized spacial score (nSPS) is 14.0. The molecular formula is C7H15N5O2S. The first-order valence-electron chi connectivity index (χ1n) is 4.59. The molecule has 0 bridgehead atoms. The van der Waals surface area contributed by atoms with Gasteiger partial charge in [-0.3, -0.25) is 4.68 Å². The largest absolute Gasteiger partial charge is 0.329 e. The van der Waals surface area contributed by atoms with Crippen LogP contribution < -0.4 is 10.5 Å². The molecule has 1 rings (SSSR count). The fourth-order valence-corrected chi connectivity index (χ4v) is 1.84. The molecule has 0 saturated carbocycles. The summed E-state index contributed by atoms with van der Waals surface area (Å²) < 4.78 is 26.9. The van der Waals surface area contributed by atoms with Gasteiger partial charge in [0.05, 0.1) is 18.0 Å². The molecule has 8 heteroatoms. The summed E-state index contributed by atoms with van der Waals surface area (Å²) in [5.74, 6) is 0. The highest BCUT2D eigenvalue weighted by atomic mass is 32.2. The summed E-state index contributed by atoms with van der Waals surface area (Å²) in [6.07, 6.45) is 3.21. The average molecular weight is 233 g/mol. The van der Waals surface area contributed by atoms with Crippen LogP contribution in [0.25, 0.3) is 0 Å². The maximum atomic E-state index is 11.5. The standard InChI is InChI=1S/C7H15N5O2S/c1-7(6-8)15(13,14)10-3-5-12-4-2-9-11-12/h2,4,7,10H,3,5-6,8H2,1H3. The Morgan fingerprint density at radius 1 is 1.60 bits per heavy atom. The molecule has 1 aromatic heterocycles. The summed E-state index contributed by atoms with van der Waals surface area (Å²) in [5.41, 5.74) is 5.28. The van der Waals surface area contributed by atoms with Gasteiger partial charge >= 0.3 is 0 Å². The monoisotopic (exact) mass is 233 g/mol. The first-order chi connectivity index (χ1) is 7.06. The smallest absolute Gasteiger partial charge is 0.215 e. The predicted molar refractivity (Wildman–Crippen MR) is 55.5 cm³/mol. The van der Waals surface area contributed by atoms with Gasteiger partial charge in [-0.05, 0) is 6.92 Å². The number of hydrogen-bond donors (Lipinski definition) is 2. The van der Waals surface area contributed by atoms with Crippen LogP contribution in [0.5, 0.6) is 0 Å². The summed E-state index contributed by atoms with van der Waals surface area (Å²) in [6, 6.07) is 0. The third kappa shape index (κ3) is 3.57. The molecule has 0 aliphatic heterocycles. The second-order valence-corrected chi connectivity index (χ2v) is 5.34. The Labute approximate surface area is 88.7 Å². The zero-order valence-corrected chi connectivity index (χ0v) is 9.31. The van der Waals surface area contributed by atoms with Gasteiger partial charge in [-0.1, -0.05) is 5.21 Å². The Kier molecular flexibility index (Phi) is 4.18. The number of nitrogens with zero attached hydrogens (tertiary/aromatic N) is 3. The minimum Gasteiger partial charge on any atom is -0.329 e. The van der Waals surface area contributed by atoms with Crippen LogP contribution in [0, 0.1) is 0 Å². The van der Waals surface area contributed by atoms with Crippen molar-refractivity contribution in [1.29, 1.82) is 0 Å². The summed E-state index contributed by atoms with van der Waals surface area (Å²) in [5, 5.41) is 6.74. The average Bonchev–Trinajstić information content (AvgIpc) is 2.69. The van der Waals surface area contributed by atoms with Gasteiger partial charge in [0, 0.05) is 19.3 Å². The van der Waals surface area contributed by atoms with Crippen LogP contribution in [0.15, 0.2) is 12.4 Å². The maximum Gasteiger partial charge on any atom is 0.215 e. The molecule has 1 unspecified atom stereocenters. The molecule has 0 saturated heterocycles. The SMILES string of the molecule is CC(CN)S(=O)(=O)NCCn1ccnn1. The van der Waals surface area contributed by atoms with E-state index in [1.807, 2.05) is 0 Å². The Balaban J connectivity index is 2.37. The molecular weight excluding hydrogens is 218 g/mol. The Hall–Kier alpha value is -0.990. The van der Waals surface area contributed by atoms with Crippen LogP contribution in [0.4, 0.5) is 0 Å². The van der Waals surface area contributed by atoms with E-state index >= 15 is 0 Å². The number of nitrogens with one attached hydrogen (secondary N) is 1. The van der Waals surface area contributed by atoms with Crippen LogP contribution >= 0.6 is 0 Å². The van der Waals surface area contributed by atoms with Crippen molar-refractivity contribution in [2.45, 2.75) is 18.7 Å². The first-order valence-corrected chi connectivity index (χ1v) is 6.13. The lowest BCUT2D eigenvalue weighted by atomic mass is 10.5. The highest BCUT2D eigenvalue weighted by molar-refractivity contribution is 7.90. The van der Waals surface area contributed by atoms with Crippen molar-refractivity contribution in [3.8, 4) is 0 Å². The molecule has 0 radical (unpaired) electrons. The molecule has 1 atom stereocenters. The first kappa shape index (κ1) is 12.1. The van der Waals surface area contributed by atoms with Gasteiger partial charge in [0.15, 0.2) is 0 Å². The molecule has 3 N–H and O–H groups in total. The van der Waals surface area contributed by atoms with Crippen LogP contribution in [-0.2, 0) is 16.6 Å². The van der Waals surface area contributed by atoms with E-state index in [1.165, 1.54) is 6.20 Å². The van der Waals surface area contributed by atoms with Crippen LogP contribution in [0.1, 0.15) is 6.92 Å². The van der Waals surface area contributed by atoms with Gasteiger partial charge in [-0.15, -0.1) is 5.10 Å². The molecule has 1 heterocycles. The molecule has 1 aromatic rings. The molecule has 86 valence electrons.